The van der Waals surface area contributed by atoms with Gasteiger partial charge < -0.3 is 0 Å². The first kappa shape index (κ1) is 10.1. The number of anilines is 1. The minimum absolute atomic E-state index is 0.0245. The first-order valence-corrected chi connectivity index (χ1v) is 5.98. The molecule has 1 rings (SSSR count). The number of nitrogens with one attached hydrogen (secondary N) is 1. The van der Waals surface area contributed by atoms with Crippen molar-refractivity contribution in [2.75, 3.05) is 11.9 Å². The molecule has 3 heteroatoms. The van der Waals surface area contributed by atoms with Crippen LogP contribution in [0.15, 0.2) is 24.3 Å². The van der Waals surface area contributed by atoms with Crippen molar-refractivity contribution >= 4 is 25.1 Å². The summed E-state index contributed by atoms with van der Waals surface area (Å²) in [6.07, 6.45) is 1.13. The second-order valence-corrected chi connectivity index (χ2v) is 4.44. The topological polar surface area (TPSA) is 35.8 Å². The molecule has 0 atom stereocenters. The number of benzene rings is 1. The van der Waals surface area contributed by atoms with Gasteiger partial charge in [0.15, 0.2) is 0 Å². The quantitative estimate of drug-likeness (QED) is 0.804. The maximum absolute atomic E-state index is 8.49. The van der Waals surface area contributed by atoms with Gasteiger partial charge in [-0.1, -0.05) is 0 Å². The van der Waals surface area contributed by atoms with Crippen LogP contribution in [0.1, 0.15) is 13.3 Å². The van der Waals surface area contributed by atoms with E-state index in [0.29, 0.717) is 0 Å². The van der Waals surface area contributed by atoms with Gasteiger partial charge in [0, 0.05) is 0 Å². The maximum atomic E-state index is 8.49. The third-order valence-electron chi connectivity index (χ3n) is 1.60. The summed E-state index contributed by atoms with van der Waals surface area (Å²) in [4.78, 5) is 2.19. The predicted octanol–water partition coefficient (Wildman–Crippen LogP) is 1.32. The SMILES string of the molecule is CCCNc1ccc([Se]C#N)cc1. The van der Waals surface area contributed by atoms with Gasteiger partial charge in [0.05, 0.1) is 0 Å². The van der Waals surface area contributed by atoms with E-state index in [9.17, 15) is 0 Å². The molecule has 0 aromatic heterocycles. The Balaban J connectivity index is 2.55. The molecule has 0 saturated heterocycles. The fourth-order valence-corrected chi connectivity index (χ4v) is 1.76. The van der Waals surface area contributed by atoms with Crippen LogP contribution < -0.4 is 9.78 Å². The van der Waals surface area contributed by atoms with Crippen molar-refractivity contribution in [1.82, 2.24) is 0 Å². The Morgan fingerprint density at radius 2 is 2.08 bits per heavy atom. The molecule has 0 aliphatic carbocycles. The molecule has 13 heavy (non-hydrogen) atoms. The summed E-state index contributed by atoms with van der Waals surface area (Å²) >= 11 is -0.0245. The number of hydrogen-bond donors (Lipinski definition) is 1. The summed E-state index contributed by atoms with van der Waals surface area (Å²) in [5, 5.41) is 11.8. The van der Waals surface area contributed by atoms with Crippen molar-refractivity contribution in [2.45, 2.75) is 13.3 Å². The molecular weight excluding hydrogens is 227 g/mol. The first-order valence-electron chi connectivity index (χ1n) is 4.26. The van der Waals surface area contributed by atoms with Crippen LogP contribution in [0.5, 0.6) is 0 Å². The first-order chi connectivity index (χ1) is 6.36. The molecule has 1 aromatic carbocycles. The van der Waals surface area contributed by atoms with Gasteiger partial charge in [0.1, 0.15) is 0 Å². The molecule has 1 aromatic rings. The van der Waals surface area contributed by atoms with Crippen molar-refractivity contribution in [3.05, 3.63) is 24.3 Å². The summed E-state index contributed by atoms with van der Waals surface area (Å²) in [7, 11) is 0. The average molecular weight is 239 g/mol. The molecule has 0 unspecified atom stereocenters. The molecule has 0 amide bonds. The summed E-state index contributed by atoms with van der Waals surface area (Å²) in [6.45, 7) is 3.14. The molecule has 0 heterocycles. The third kappa shape index (κ3) is 3.50. The summed E-state index contributed by atoms with van der Waals surface area (Å²) in [6, 6.07) is 8.09. The van der Waals surface area contributed by atoms with Crippen molar-refractivity contribution in [3.63, 3.8) is 0 Å². The van der Waals surface area contributed by atoms with E-state index >= 15 is 0 Å². The van der Waals surface area contributed by atoms with Gasteiger partial charge in [0.2, 0.25) is 0 Å². The Morgan fingerprint density at radius 1 is 1.38 bits per heavy atom. The standard InChI is InChI=1S/C10H12N2Se/c1-2-7-12-9-3-5-10(6-4-9)13-8-11/h3-6,12H,2,7H2,1H3. The van der Waals surface area contributed by atoms with Crippen molar-refractivity contribution in [2.24, 2.45) is 0 Å². The van der Waals surface area contributed by atoms with E-state index in [1.165, 1.54) is 0 Å². The van der Waals surface area contributed by atoms with E-state index in [-0.39, 0.29) is 15.0 Å². The van der Waals surface area contributed by atoms with Crippen molar-refractivity contribution in [3.8, 4) is 4.97 Å². The second kappa shape index (κ2) is 5.64. The van der Waals surface area contributed by atoms with E-state index in [1.54, 1.807) is 0 Å². The molecule has 0 spiro atoms. The zero-order valence-corrected chi connectivity index (χ0v) is 9.29. The zero-order valence-electron chi connectivity index (χ0n) is 7.58. The third-order valence-corrected chi connectivity index (χ3v) is 2.85. The molecule has 0 aliphatic heterocycles. The molecular formula is C10H12N2Se. The van der Waals surface area contributed by atoms with Gasteiger partial charge in [-0.25, -0.2) is 0 Å². The van der Waals surface area contributed by atoms with Crippen LogP contribution in [0.2, 0.25) is 0 Å². The number of rotatable bonds is 4. The van der Waals surface area contributed by atoms with Gasteiger partial charge in [-0.2, -0.15) is 0 Å². The Morgan fingerprint density at radius 3 is 2.62 bits per heavy atom. The average Bonchev–Trinajstić information content (AvgIpc) is 2.17. The van der Waals surface area contributed by atoms with Crippen LogP contribution in [-0.4, -0.2) is 21.5 Å². The minimum atomic E-state index is -0.0245. The molecule has 2 nitrogen and oxygen atoms in total. The summed E-state index contributed by atoms with van der Waals surface area (Å²) in [5.74, 6) is 0. The van der Waals surface area contributed by atoms with Crippen LogP contribution in [0, 0.1) is 10.2 Å². The van der Waals surface area contributed by atoms with E-state index < -0.39 is 0 Å². The Hall–Kier alpha value is -0.971. The molecule has 0 fully saturated rings. The van der Waals surface area contributed by atoms with Crippen LogP contribution in [0.3, 0.4) is 0 Å². The van der Waals surface area contributed by atoms with Crippen LogP contribution in [-0.2, 0) is 0 Å². The number of hydrogen-bond acceptors (Lipinski definition) is 2. The Kier molecular flexibility index (Phi) is 4.38. The molecule has 0 aliphatic rings. The molecule has 1 N–H and O–H groups in total. The van der Waals surface area contributed by atoms with E-state index in [4.69, 9.17) is 5.26 Å². The van der Waals surface area contributed by atoms with Gasteiger partial charge in [-0.15, -0.1) is 0 Å². The van der Waals surface area contributed by atoms with E-state index in [0.717, 1.165) is 23.1 Å². The number of nitrogens with zero attached hydrogens (tertiary/aromatic N) is 1. The zero-order chi connectivity index (χ0) is 9.52. The fraction of sp³-hybridized carbons (Fsp3) is 0.300. The fourth-order valence-electron chi connectivity index (χ4n) is 0.963. The van der Waals surface area contributed by atoms with E-state index in [2.05, 4.69) is 17.2 Å². The Bertz CT molecular complexity index is 287. The number of nitriles is 1. The summed E-state index contributed by atoms with van der Waals surface area (Å²) < 4.78 is 1.14. The van der Waals surface area contributed by atoms with Crippen LogP contribution in [0.25, 0.3) is 0 Å². The van der Waals surface area contributed by atoms with Gasteiger partial charge in [0.25, 0.3) is 0 Å². The van der Waals surface area contributed by atoms with Gasteiger partial charge >= 0.3 is 84.8 Å². The summed E-state index contributed by atoms with van der Waals surface area (Å²) in [5.41, 5.74) is 1.14. The van der Waals surface area contributed by atoms with Gasteiger partial charge in [-0.3, -0.25) is 0 Å². The van der Waals surface area contributed by atoms with Crippen molar-refractivity contribution in [1.29, 1.82) is 5.26 Å². The molecule has 0 radical (unpaired) electrons. The second-order valence-electron chi connectivity index (χ2n) is 2.64. The molecule has 0 saturated carbocycles. The molecule has 0 bridgehead atoms. The van der Waals surface area contributed by atoms with E-state index in [1.807, 2.05) is 24.3 Å². The Labute approximate surface area is 85.1 Å². The van der Waals surface area contributed by atoms with Gasteiger partial charge in [-0.05, 0) is 0 Å². The monoisotopic (exact) mass is 240 g/mol. The van der Waals surface area contributed by atoms with Crippen LogP contribution >= 0.6 is 0 Å². The van der Waals surface area contributed by atoms with Crippen LogP contribution in [0.4, 0.5) is 5.69 Å². The molecule has 68 valence electrons. The predicted molar refractivity (Wildman–Crippen MR) is 56.2 cm³/mol. The normalized spacial score (nSPS) is 9.23. The van der Waals surface area contributed by atoms with Crippen molar-refractivity contribution < 1.29 is 0 Å².